The predicted octanol–water partition coefficient (Wildman–Crippen LogP) is 0.628. The highest BCUT2D eigenvalue weighted by molar-refractivity contribution is 7.86. The van der Waals surface area contributed by atoms with Crippen LogP contribution >= 0.6 is 0 Å². The summed E-state index contributed by atoms with van der Waals surface area (Å²) in [6.45, 7) is 2.84. The van der Waals surface area contributed by atoms with Crippen molar-refractivity contribution in [2.75, 3.05) is 40.3 Å². The van der Waals surface area contributed by atoms with Gasteiger partial charge in [-0.15, -0.1) is 0 Å². The smallest absolute Gasteiger partial charge is 0.281 e. The van der Waals surface area contributed by atoms with Crippen LogP contribution in [0, 0.1) is 5.92 Å². The lowest BCUT2D eigenvalue weighted by Gasteiger charge is -2.49. The van der Waals surface area contributed by atoms with Gasteiger partial charge in [0.1, 0.15) is 5.82 Å². The lowest BCUT2D eigenvalue weighted by molar-refractivity contribution is -0.103. The second-order valence-electron chi connectivity index (χ2n) is 7.88. The maximum Gasteiger partial charge on any atom is 0.281 e. The number of aromatic nitrogens is 2. The Hall–Kier alpha value is -1.52. The predicted molar refractivity (Wildman–Crippen MR) is 103 cm³/mol. The number of para-hydroxylation sites is 2. The molecular weight excluding hydrogens is 366 g/mol. The molecule has 1 aromatic heterocycles. The molecule has 27 heavy (non-hydrogen) atoms. The summed E-state index contributed by atoms with van der Waals surface area (Å²) in [5, 5.41) is 11.0. The minimum atomic E-state index is -3.45. The summed E-state index contributed by atoms with van der Waals surface area (Å²) in [5.41, 5.74) is 1.19. The second kappa shape index (κ2) is 6.82. The molecule has 0 bridgehead atoms. The van der Waals surface area contributed by atoms with Crippen LogP contribution in [0.1, 0.15) is 18.7 Å². The van der Waals surface area contributed by atoms with Crippen molar-refractivity contribution in [1.29, 1.82) is 0 Å². The molecular formula is C18H27N5O3S. The quantitative estimate of drug-likeness (QED) is 0.795. The highest BCUT2D eigenvalue weighted by atomic mass is 32.2. The monoisotopic (exact) mass is 393 g/mol. The number of likely N-dealkylation sites (tertiary alicyclic amines) is 1. The summed E-state index contributed by atoms with van der Waals surface area (Å²) in [4.78, 5) is 10.2. The molecule has 0 amide bonds. The molecule has 0 unspecified atom stereocenters. The molecule has 0 aliphatic carbocycles. The van der Waals surface area contributed by atoms with E-state index < -0.39 is 15.8 Å². The number of aromatic amines is 1. The normalized spacial score (nSPS) is 27.9. The van der Waals surface area contributed by atoms with Gasteiger partial charge in [-0.1, -0.05) is 12.1 Å². The Morgan fingerprint density at radius 2 is 2.00 bits per heavy atom. The van der Waals surface area contributed by atoms with Gasteiger partial charge in [0.15, 0.2) is 0 Å². The number of fused-ring (bicyclic) bond motifs is 2. The summed E-state index contributed by atoms with van der Waals surface area (Å²) < 4.78 is 27.7. The number of benzene rings is 1. The van der Waals surface area contributed by atoms with E-state index in [0.29, 0.717) is 39.0 Å². The zero-order valence-corrected chi connectivity index (χ0v) is 16.6. The van der Waals surface area contributed by atoms with Gasteiger partial charge in [0, 0.05) is 46.2 Å². The molecule has 2 N–H and O–H groups in total. The van der Waals surface area contributed by atoms with Crippen molar-refractivity contribution < 1.29 is 13.5 Å². The molecule has 2 aliphatic heterocycles. The molecule has 2 fully saturated rings. The Morgan fingerprint density at radius 1 is 1.26 bits per heavy atom. The lowest BCUT2D eigenvalue weighted by Crippen LogP contribution is -2.61. The Morgan fingerprint density at radius 3 is 2.74 bits per heavy atom. The first-order valence-corrected chi connectivity index (χ1v) is 10.7. The molecule has 3 heterocycles. The maximum atomic E-state index is 12.5. The fourth-order valence-electron chi connectivity index (χ4n) is 4.22. The van der Waals surface area contributed by atoms with Crippen LogP contribution in [0.15, 0.2) is 24.3 Å². The minimum absolute atomic E-state index is 0.0981. The van der Waals surface area contributed by atoms with Gasteiger partial charge in [-0.05, 0) is 25.0 Å². The van der Waals surface area contributed by atoms with Crippen LogP contribution in [0.4, 0.5) is 0 Å². The third kappa shape index (κ3) is 3.50. The van der Waals surface area contributed by atoms with Gasteiger partial charge >= 0.3 is 0 Å². The molecule has 0 spiro atoms. The van der Waals surface area contributed by atoms with E-state index in [1.165, 1.54) is 8.61 Å². The van der Waals surface area contributed by atoms with E-state index in [9.17, 15) is 13.5 Å². The van der Waals surface area contributed by atoms with Gasteiger partial charge < -0.3 is 10.1 Å². The second-order valence-corrected chi connectivity index (χ2v) is 10.0. The molecule has 2 aromatic rings. The number of hydrogen-bond acceptors (Lipinski definition) is 5. The van der Waals surface area contributed by atoms with Crippen molar-refractivity contribution >= 4 is 21.2 Å². The van der Waals surface area contributed by atoms with Gasteiger partial charge in [-0.2, -0.15) is 17.0 Å². The molecule has 0 radical (unpaired) electrons. The number of rotatable bonds is 4. The molecule has 2 atom stereocenters. The third-order valence-electron chi connectivity index (χ3n) is 5.92. The molecule has 8 nitrogen and oxygen atoms in total. The molecule has 2 aliphatic rings. The van der Waals surface area contributed by atoms with Gasteiger partial charge in [0.2, 0.25) is 0 Å². The summed E-state index contributed by atoms with van der Waals surface area (Å²) in [5.74, 6) is 0.800. The topological polar surface area (TPSA) is 92.8 Å². The third-order valence-corrected chi connectivity index (χ3v) is 7.82. The average molecular weight is 394 g/mol. The molecule has 2 saturated heterocycles. The number of hydrogen-bond donors (Lipinski definition) is 2. The van der Waals surface area contributed by atoms with Crippen molar-refractivity contribution in [3.8, 4) is 0 Å². The van der Waals surface area contributed by atoms with Crippen LogP contribution in [0.5, 0.6) is 0 Å². The van der Waals surface area contributed by atoms with Gasteiger partial charge in [-0.25, -0.2) is 4.98 Å². The van der Waals surface area contributed by atoms with E-state index in [1.54, 1.807) is 14.1 Å². The van der Waals surface area contributed by atoms with E-state index in [0.717, 1.165) is 23.4 Å². The first-order chi connectivity index (χ1) is 12.8. The van der Waals surface area contributed by atoms with Crippen LogP contribution in [0.25, 0.3) is 11.0 Å². The van der Waals surface area contributed by atoms with Gasteiger partial charge in [0.25, 0.3) is 10.2 Å². The van der Waals surface area contributed by atoms with Crippen molar-refractivity contribution in [3.05, 3.63) is 30.1 Å². The van der Waals surface area contributed by atoms with E-state index in [1.807, 2.05) is 24.3 Å². The number of aliphatic hydroxyl groups is 1. The summed E-state index contributed by atoms with van der Waals surface area (Å²) in [6.07, 6.45) is 1.15. The molecule has 148 valence electrons. The fourth-order valence-corrected chi connectivity index (χ4v) is 5.37. The van der Waals surface area contributed by atoms with Crippen LogP contribution < -0.4 is 0 Å². The van der Waals surface area contributed by atoms with Crippen LogP contribution in [-0.4, -0.2) is 82.9 Å². The Labute approximate surface area is 160 Å². The molecule has 9 heteroatoms. The maximum absolute atomic E-state index is 12.5. The summed E-state index contributed by atoms with van der Waals surface area (Å²) >= 11 is 0. The first-order valence-electron chi connectivity index (χ1n) is 9.34. The van der Waals surface area contributed by atoms with Crippen molar-refractivity contribution in [2.24, 2.45) is 5.92 Å². The zero-order valence-electron chi connectivity index (χ0n) is 15.8. The Bertz CT molecular complexity index is 895. The van der Waals surface area contributed by atoms with Crippen molar-refractivity contribution in [2.45, 2.75) is 25.0 Å². The van der Waals surface area contributed by atoms with E-state index in [4.69, 9.17) is 0 Å². The minimum Gasteiger partial charge on any atom is -0.389 e. The number of H-pyrrole nitrogens is 1. The van der Waals surface area contributed by atoms with Crippen LogP contribution in [0.2, 0.25) is 0 Å². The number of nitrogens with zero attached hydrogens (tertiary/aromatic N) is 4. The first kappa shape index (κ1) is 18.8. The average Bonchev–Trinajstić information content (AvgIpc) is 3.03. The standard InChI is InChI=1S/C18H27N5O3S/c1-21(2)27(25,26)23-10-8-18(24)7-9-22(11-14(18)12-23)13-17-19-15-5-3-4-6-16(15)20-17/h3-6,14,24H,7-13H2,1-2H3,(H,19,20)/t14-,18-/m1/s1. The Balaban J connectivity index is 1.47. The lowest BCUT2D eigenvalue weighted by atomic mass is 9.76. The van der Waals surface area contributed by atoms with Crippen LogP contribution in [-0.2, 0) is 16.8 Å². The van der Waals surface area contributed by atoms with Crippen LogP contribution in [0.3, 0.4) is 0 Å². The van der Waals surface area contributed by atoms with Gasteiger partial charge in [-0.3, -0.25) is 4.90 Å². The van der Waals surface area contributed by atoms with E-state index in [-0.39, 0.29) is 5.92 Å². The highest BCUT2D eigenvalue weighted by Crippen LogP contribution is 2.36. The fraction of sp³-hybridized carbons (Fsp3) is 0.611. The van der Waals surface area contributed by atoms with Crippen molar-refractivity contribution in [1.82, 2.24) is 23.5 Å². The van der Waals surface area contributed by atoms with E-state index in [2.05, 4.69) is 14.9 Å². The summed E-state index contributed by atoms with van der Waals surface area (Å²) in [6, 6.07) is 7.93. The van der Waals surface area contributed by atoms with Crippen molar-refractivity contribution in [3.63, 3.8) is 0 Å². The molecule has 1 aromatic carbocycles. The number of imidazole rings is 1. The number of piperidine rings is 2. The summed E-state index contributed by atoms with van der Waals surface area (Å²) in [7, 11) is -0.359. The SMILES string of the molecule is CN(C)S(=O)(=O)N1CC[C@]2(O)CCN(Cc3nc4ccccc4[nH]3)C[C@@H]2C1. The van der Waals surface area contributed by atoms with Gasteiger partial charge in [0.05, 0.1) is 23.2 Å². The highest BCUT2D eigenvalue weighted by Gasteiger charge is 2.47. The van der Waals surface area contributed by atoms with E-state index >= 15 is 0 Å². The molecule has 0 saturated carbocycles. The largest absolute Gasteiger partial charge is 0.389 e. The number of nitrogens with one attached hydrogen (secondary N) is 1. The molecule has 4 rings (SSSR count). The Kier molecular flexibility index (Phi) is 4.76. The zero-order chi connectivity index (χ0) is 19.2.